The van der Waals surface area contributed by atoms with Gasteiger partial charge in [-0.25, -0.2) is 0 Å². The van der Waals surface area contributed by atoms with Crippen molar-refractivity contribution in [2.45, 2.75) is 33.7 Å². The first-order chi connectivity index (χ1) is 13.3. The number of carbonyl (C=O) groups is 2. The van der Waals surface area contributed by atoms with Crippen LogP contribution in [-0.4, -0.2) is 26.4 Å². The molecule has 0 fully saturated rings. The Morgan fingerprint density at radius 2 is 1.82 bits per heavy atom. The van der Waals surface area contributed by atoms with Gasteiger partial charge < -0.3 is 9.67 Å². The van der Waals surface area contributed by atoms with Crippen molar-refractivity contribution < 1.29 is 14.7 Å². The van der Waals surface area contributed by atoms with E-state index in [2.05, 4.69) is 4.98 Å². The standard InChI is InChI=1S/C23H22N2O3/c1-14-9-10-16(12-24-14)19-17(11-18(26)27)25-13-23(2,3)22(28)21(25)20(19)15-7-5-4-6-8-15/h4-10,12H,11,13H2,1-3H3,(H,26,27). The van der Waals surface area contributed by atoms with E-state index in [4.69, 9.17) is 0 Å². The average molecular weight is 374 g/mol. The van der Waals surface area contributed by atoms with E-state index in [0.717, 1.165) is 27.9 Å². The third-order valence-corrected chi connectivity index (χ3v) is 5.34. The lowest BCUT2D eigenvalue weighted by atomic mass is 9.85. The van der Waals surface area contributed by atoms with Crippen molar-refractivity contribution >= 4 is 11.8 Å². The summed E-state index contributed by atoms with van der Waals surface area (Å²) in [6, 6.07) is 13.6. The largest absolute Gasteiger partial charge is 0.481 e. The number of carboxylic acid groups (broad SMARTS) is 1. The van der Waals surface area contributed by atoms with Crippen LogP contribution in [0.15, 0.2) is 48.7 Å². The van der Waals surface area contributed by atoms with Crippen LogP contribution in [0.3, 0.4) is 0 Å². The summed E-state index contributed by atoms with van der Waals surface area (Å²) in [5, 5.41) is 9.58. The second-order valence-electron chi connectivity index (χ2n) is 7.97. The van der Waals surface area contributed by atoms with E-state index in [1.54, 1.807) is 6.20 Å². The minimum atomic E-state index is -0.918. The highest BCUT2D eigenvalue weighted by atomic mass is 16.4. The third-order valence-electron chi connectivity index (χ3n) is 5.34. The highest BCUT2D eigenvalue weighted by Crippen LogP contribution is 2.46. The van der Waals surface area contributed by atoms with Gasteiger partial charge in [0.15, 0.2) is 5.78 Å². The predicted octanol–water partition coefficient (Wildman–Crippen LogP) is 4.38. The average Bonchev–Trinajstić information content (AvgIpc) is 3.07. The van der Waals surface area contributed by atoms with Gasteiger partial charge in [-0.2, -0.15) is 0 Å². The molecule has 0 unspecified atom stereocenters. The molecule has 0 saturated carbocycles. The Hall–Kier alpha value is -3.21. The Bertz CT molecular complexity index is 1080. The van der Waals surface area contributed by atoms with Gasteiger partial charge in [-0.3, -0.25) is 14.6 Å². The molecule has 1 aliphatic rings. The molecule has 5 nitrogen and oxygen atoms in total. The number of aryl methyl sites for hydroxylation is 1. The van der Waals surface area contributed by atoms with Crippen molar-refractivity contribution in [2.75, 3.05) is 0 Å². The lowest BCUT2D eigenvalue weighted by molar-refractivity contribution is -0.136. The molecule has 28 heavy (non-hydrogen) atoms. The Balaban J connectivity index is 2.09. The maximum atomic E-state index is 13.3. The van der Waals surface area contributed by atoms with E-state index in [9.17, 15) is 14.7 Å². The van der Waals surface area contributed by atoms with Crippen LogP contribution in [0.2, 0.25) is 0 Å². The fourth-order valence-corrected chi connectivity index (χ4v) is 4.01. The zero-order chi connectivity index (χ0) is 20.1. The summed E-state index contributed by atoms with van der Waals surface area (Å²) < 4.78 is 1.91. The van der Waals surface area contributed by atoms with Gasteiger partial charge in [0.05, 0.1) is 12.1 Å². The molecule has 0 atom stereocenters. The molecule has 3 aromatic rings. The molecule has 4 rings (SSSR count). The van der Waals surface area contributed by atoms with Crippen LogP contribution in [0.5, 0.6) is 0 Å². The number of Topliss-reactive ketones (excluding diaryl/α,β-unsaturated/α-hetero) is 1. The predicted molar refractivity (Wildman–Crippen MR) is 107 cm³/mol. The van der Waals surface area contributed by atoms with E-state index in [1.807, 2.05) is 67.8 Å². The summed E-state index contributed by atoms with van der Waals surface area (Å²) in [6.45, 7) is 6.21. The molecular weight excluding hydrogens is 352 g/mol. The second kappa shape index (κ2) is 6.44. The van der Waals surface area contributed by atoms with Crippen LogP contribution >= 0.6 is 0 Å². The van der Waals surface area contributed by atoms with Crippen LogP contribution in [0.1, 0.15) is 35.7 Å². The number of aliphatic carboxylic acids is 1. The lowest BCUT2D eigenvalue weighted by Gasteiger charge is -2.17. The Kier molecular flexibility index (Phi) is 4.18. The molecule has 5 heteroatoms. The van der Waals surface area contributed by atoms with Gasteiger partial charge in [0.25, 0.3) is 0 Å². The van der Waals surface area contributed by atoms with Crippen molar-refractivity contribution in [1.82, 2.24) is 9.55 Å². The molecule has 0 bridgehead atoms. The zero-order valence-corrected chi connectivity index (χ0v) is 16.2. The molecule has 0 aliphatic carbocycles. The molecule has 0 spiro atoms. The number of pyridine rings is 1. The van der Waals surface area contributed by atoms with Gasteiger partial charge in [-0.15, -0.1) is 0 Å². The van der Waals surface area contributed by atoms with Gasteiger partial charge in [-0.1, -0.05) is 50.2 Å². The molecular formula is C23H22N2O3. The molecule has 1 aromatic carbocycles. The summed E-state index contributed by atoms with van der Waals surface area (Å²) in [5.74, 6) is -0.872. The first kappa shape index (κ1) is 18.2. The number of nitrogens with zero attached hydrogens (tertiary/aromatic N) is 2. The minimum Gasteiger partial charge on any atom is -0.481 e. The minimum absolute atomic E-state index is 0.0457. The highest BCUT2D eigenvalue weighted by Gasteiger charge is 2.43. The zero-order valence-electron chi connectivity index (χ0n) is 16.2. The number of hydrogen-bond donors (Lipinski definition) is 1. The van der Waals surface area contributed by atoms with E-state index in [1.165, 1.54) is 0 Å². The summed E-state index contributed by atoms with van der Waals surface area (Å²) in [7, 11) is 0. The number of fused-ring (bicyclic) bond motifs is 1. The van der Waals surface area contributed by atoms with Crippen molar-refractivity contribution in [1.29, 1.82) is 0 Å². The third kappa shape index (κ3) is 2.83. The van der Waals surface area contributed by atoms with E-state index in [-0.39, 0.29) is 12.2 Å². The SMILES string of the molecule is Cc1ccc(-c2c(-c3ccccc3)c3n(c2CC(=O)O)CC(C)(C)C3=O)cn1. The normalized spacial score (nSPS) is 14.9. The molecule has 1 aliphatic heterocycles. The van der Waals surface area contributed by atoms with Crippen LogP contribution in [0.4, 0.5) is 0 Å². The number of carboxylic acids is 1. The maximum absolute atomic E-state index is 13.3. The van der Waals surface area contributed by atoms with E-state index in [0.29, 0.717) is 17.9 Å². The lowest BCUT2D eigenvalue weighted by Crippen LogP contribution is -2.21. The number of benzene rings is 1. The second-order valence-corrected chi connectivity index (χ2v) is 7.97. The first-order valence-electron chi connectivity index (χ1n) is 9.30. The molecule has 0 radical (unpaired) electrons. The Morgan fingerprint density at radius 3 is 2.43 bits per heavy atom. The molecule has 1 N–H and O–H groups in total. The first-order valence-corrected chi connectivity index (χ1v) is 9.30. The van der Waals surface area contributed by atoms with Gasteiger partial charge in [0.2, 0.25) is 0 Å². The highest BCUT2D eigenvalue weighted by molar-refractivity contribution is 6.10. The topological polar surface area (TPSA) is 72.2 Å². The molecule has 0 saturated heterocycles. The fraction of sp³-hybridized carbons (Fsp3) is 0.261. The smallest absolute Gasteiger partial charge is 0.309 e. The van der Waals surface area contributed by atoms with Crippen molar-refractivity contribution in [2.24, 2.45) is 5.41 Å². The Morgan fingerprint density at radius 1 is 1.11 bits per heavy atom. The number of carbonyl (C=O) groups excluding carboxylic acids is 1. The van der Waals surface area contributed by atoms with Gasteiger partial charge >= 0.3 is 5.97 Å². The summed E-state index contributed by atoms with van der Waals surface area (Å²) in [5.41, 5.74) is 4.91. The quantitative estimate of drug-likeness (QED) is 0.736. The van der Waals surface area contributed by atoms with Crippen LogP contribution in [0, 0.1) is 12.3 Å². The molecule has 0 amide bonds. The van der Waals surface area contributed by atoms with Crippen molar-refractivity contribution in [3.8, 4) is 22.3 Å². The van der Waals surface area contributed by atoms with Crippen molar-refractivity contribution in [3.63, 3.8) is 0 Å². The fourth-order valence-electron chi connectivity index (χ4n) is 4.01. The molecule has 142 valence electrons. The van der Waals surface area contributed by atoms with Gasteiger partial charge in [-0.05, 0) is 18.6 Å². The number of hydrogen-bond acceptors (Lipinski definition) is 3. The van der Waals surface area contributed by atoms with Gasteiger partial charge in [0.1, 0.15) is 0 Å². The maximum Gasteiger partial charge on any atom is 0.309 e. The molecule has 2 aromatic heterocycles. The number of rotatable bonds is 4. The monoisotopic (exact) mass is 374 g/mol. The van der Waals surface area contributed by atoms with Crippen LogP contribution < -0.4 is 0 Å². The Labute approximate surface area is 163 Å². The summed E-state index contributed by atoms with van der Waals surface area (Å²) >= 11 is 0. The summed E-state index contributed by atoms with van der Waals surface area (Å²) in [6.07, 6.45) is 1.61. The van der Waals surface area contributed by atoms with E-state index < -0.39 is 11.4 Å². The number of aromatic nitrogens is 2. The van der Waals surface area contributed by atoms with Crippen molar-refractivity contribution in [3.05, 3.63) is 65.7 Å². The van der Waals surface area contributed by atoms with Crippen LogP contribution in [-0.2, 0) is 17.8 Å². The van der Waals surface area contributed by atoms with Gasteiger partial charge in [0, 0.05) is 46.2 Å². The van der Waals surface area contributed by atoms with Crippen LogP contribution in [0.25, 0.3) is 22.3 Å². The number of ketones is 1. The molecule has 3 heterocycles. The summed E-state index contributed by atoms with van der Waals surface area (Å²) in [4.78, 5) is 29.3. The van der Waals surface area contributed by atoms with E-state index >= 15 is 0 Å².